The molecule has 3 amide bonds. The van der Waals surface area contributed by atoms with Crippen molar-refractivity contribution in [1.82, 2.24) is 5.43 Å². The molecule has 2 aromatic rings. The Hall–Kier alpha value is -3.48. The van der Waals surface area contributed by atoms with Crippen LogP contribution in [0.25, 0.3) is 0 Å². The van der Waals surface area contributed by atoms with Gasteiger partial charge in [-0.1, -0.05) is 48.5 Å². The molecule has 0 aliphatic carbocycles. The number of hydrazone groups is 2. The monoisotopic (exact) mass is 335 g/mol. The fraction of sp³-hybridized carbons (Fsp3) is 0.111. The minimum absolute atomic E-state index is 0.238. The van der Waals surface area contributed by atoms with E-state index in [0.29, 0.717) is 22.7 Å². The highest BCUT2D eigenvalue weighted by atomic mass is 16.2. The Morgan fingerprint density at radius 2 is 1.72 bits per heavy atom. The van der Waals surface area contributed by atoms with E-state index in [0.717, 1.165) is 0 Å². The predicted molar refractivity (Wildman–Crippen MR) is 96.2 cm³/mol. The zero-order valence-corrected chi connectivity index (χ0v) is 13.6. The van der Waals surface area contributed by atoms with Crippen LogP contribution in [0, 0.1) is 5.92 Å². The van der Waals surface area contributed by atoms with Gasteiger partial charge in [0.25, 0.3) is 5.91 Å². The molecule has 3 rings (SSSR count). The molecule has 1 aliphatic heterocycles. The summed E-state index contributed by atoms with van der Waals surface area (Å²) in [5.74, 6) is -0.938. The van der Waals surface area contributed by atoms with Gasteiger partial charge in [-0.15, -0.1) is 0 Å². The lowest BCUT2D eigenvalue weighted by molar-refractivity contribution is -0.118. The minimum atomic E-state index is -0.798. The number of amides is 3. The number of nitrogens with two attached hydrogens (primary N) is 1. The van der Waals surface area contributed by atoms with Gasteiger partial charge in [-0.05, 0) is 24.6 Å². The highest BCUT2D eigenvalue weighted by Crippen LogP contribution is 2.26. The molecule has 0 saturated heterocycles. The summed E-state index contributed by atoms with van der Waals surface area (Å²) in [5, 5.41) is 9.79. The third-order valence-electron chi connectivity index (χ3n) is 3.76. The number of nitrogens with one attached hydrogen (secondary N) is 1. The van der Waals surface area contributed by atoms with Crippen LogP contribution in [0.3, 0.4) is 0 Å². The van der Waals surface area contributed by atoms with E-state index in [-0.39, 0.29) is 5.91 Å². The van der Waals surface area contributed by atoms with E-state index < -0.39 is 11.9 Å². The van der Waals surface area contributed by atoms with Crippen LogP contribution < -0.4 is 16.2 Å². The molecule has 126 valence electrons. The quantitative estimate of drug-likeness (QED) is 0.660. The Balaban J connectivity index is 1.99. The standard InChI is InChI=1S/C18H17N5O2/c1-12-15(17(24)23(22-12)14-10-6-3-7-11-14)16(20-21-18(19)25)13-8-4-2-5-9-13/h2-11,15H,1H3,(H3,19,21,25)/b20-16-/t15-/m0/s1. The molecule has 0 spiro atoms. The number of rotatable bonds is 4. The second kappa shape index (κ2) is 6.96. The summed E-state index contributed by atoms with van der Waals surface area (Å²) < 4.78 is 0. The van der Waals surface area contributed by atoms with Gasteiger partial charge in [-0.25, -0.2) is 10.2 Å². The van der Waals surface area contributed by atoms with Crippen molar-refractivity contribution < 1.29 is 9.59 Å². The molecule has 0 unspecified atom stereocenters. The van der Waals surface area contributed by atoms with Crippen molar-refractivity contribution in [1.29, 1.82) is 0 Å². The highest BCUT2D eigenvalue weighted by Gasteiger charge is 2.38. The second-order valence-corrected chi connectivity index (χ2v) is 5.50. The molecular formula is C18H17N5O2. The number of carbonyl (C=O) groups is 2. The second-order valence-electron chi connectivity index (χ2n) is 5.50. The molecule has 2 aromatic carbocycles. The van der Waals surface area contributed by atoms with E-state index in [1.165, 1.54) is 5.01 Å². The van der Waals surface area contributed by atoms with E-state index in [4.69, 9.17) is 5.73 Å². The highest BCUT2D eigenvalue weighted by molar-refractivity contribution is 6.31. The predicted octanol–water partition coefficient (Wildman–Crippen LogP) is 2.10. The Morgan fingerprint density at radius 3 is 2.32 bits per heavy atom. The molecule has 25 heavy (non-hydrogen) atoms. The van der Waals surface area contributed by atoms with E-state index in [1.807, 2.05) is 48.5 Å². The lowest BCUT2D eigenvalue weighted by Crippen LogP contribution is -2.35. The molecule has 3 N–H and O–H groups in total. The average molecular weight is 335 g/mol. The number of benzene rings is 2. The van der Waals surface area contributed by atoms with Gasteiger partial charge in [0.05, 0.1) is 17.1 Å². The van der Waals surface area contributed by atoms with Crippen molar-refractivity contribution in [3.63, 3.8) is 0 Å². The molecule has 0 fully saturated rings. The molecule has 7 heteroatoms. The first-order chi connectivity index (χ1) is 12.1. The molecular weight excluding hydrogens is 318 g/mol. The Labute approximate surface area is 144 Å². The number of urea groups is 1. The van der Waals surface area contributed by atoms with Crippen molar-refractivity contribution in [3.05, 3.63) is 66.2 Å². The smallest absolute Gasteiger partial charge is 0.332 e. The maximum atomic E-state index is 13.0. The number of anilines is 1. The summed E-state index contributed by atoms with van der Waals surface area (Å²) in [6.07, 6.45) is 0. The maximum absolute atomic E-state index is 13.0. The maximum Gasteiger partial charge on any atom is 0.332 e. The van der Waals surface area contributed by atoms with Crippen LogP contribution in [0.1, 0.15) is 12.5 Å². The van der Waals surface area contributed by atoms with Gasteiger partial charge >= 0.3 is 6.03 Å². The lowest BCUT2D eigenvalue weighted by atomic mass is 9.93. The third-order valence-corrected chi connectivity index (χ3v) is 3.76. The van der Waals surface area contributed by atoms with Crippen LogP contribution in [0.5, 0.6) is 0 Å². The first-order valence-electron chi connectivity index (χ1n) is 7.70. The Kier molecular flexibility index (Phi) is 4.56. The average Bonchev–Trinajstić information content (AvgIpc) is 2.92. The van der Waals surface area contributed by atoms with Crippen LogP contribution >= 0.6 is 0 Å². The van der Waals surface area contributed by atoms with Gasteiger partial charge in [0, 0.05) is 0 Å². The third kappa shape index (κ3) is 3.40. The van der Waals surface area contributed by atoms with E-state index in [1.54, 1.807) is 19.1 Å². The van der Waals surface area contributed by atoms with Gasteiger partial charge in [0.15, 0.2) is 0 Å². The van der Waals surface area contributed by atoms with Crippen molar-refractivity contribution in [2.24, 2.45) is 21.9 Å². The van der Waals surface area contributed by atoms with Crippen molar-refractivity contribution in [2.45, 2.75) is 6.92 Å². The van der Waals surface area contributed by atoms with Crippen LogP contribution in [0.15, 0.2) is 70.9 Å². The van der Waals surface area contributed by atoms with E-state index in [2.05, 4.69) is 15.6 Å². The topological polar surface area (TPSA) is 100 Å². The SMILES string of the molecule is CC1=NN(c2ccccc2)C(=O)[C@@H]1/C(=N\NC(N)=O)c1ccccc1. The number of hydrogen-bond donors (Lipinski definition) is 2. The van der Waals surface area contributed by atoms with Gasteiger partial charge < -0.3 is 5.73 Å². The summed E-state index contributed by atoms with van der Waals surface area (Å²) in [5.41, 5.74) is 9.70. The molecule has 1 atom stereocenters. The van der Waals surface area contributed by atoms with Gasteiger partial charge in [-0.2, -0.15) is 15.2 Å². The van der Waals surface area contributed by atoms with Gasteiger partial charge in [0.1, 0.15) is 5.92 Å². The summed E-state index contributed by atoms with van der Waals surface area (Å²) in [6, 6.07) is 17.5. The first kappa shape index (κ1) is 16.4. The lowest BCUT2D eigenvalue weighted by Gasteiger charge is -2.16. The number of para-hydroxylation sites is 1. The number of carbonyl (C=O) groups excluding carboxylic acids is 2. The molecule has 0 radical (unpaired) electrons. The van der Waals surface area contributed by atoms with E-state index in [9.17, 15) is 9.59 Å². The molecule has 0 saturated carbocycles. The van der Waals surface area contributed by atoms with Crippen LogP contribution in [0.2, 0.25) is 0 Å². The molecule has 0 bridgehead atoms. The zero-order valence-electron chi connectivity index (χ0n) is 13.6. The Morgan fingerprint density at radius 1 is 1.12 bits per heavy atom. The van der Waals surface area contributed by atoms with E-state index >= 15 is 0 Å². The fourth-order valence-electron chi connectivity index (χ4n) is 2.65. The fourth-order valence-corrected chi connectivity index (χ4v) is 2.65. The van der Waals surface area contributed by atoms with Crippen molar-refractivity contribution >= 4 is 29.0 Å². The number of nitrogens with zero attached hydrogens (tertiary/aromatic N) is 3. The zero-order chi connectivity index (χ0) is 17.8. The summed E-state index contributed by atoms with van der Waals surface area (Å²) >= 11 is 0. The summed E-state index contributed by atoms with van der Waals surface area (Å²) in [6.45, 7) is 1.76. The summed E-state index contributed by atoms with van der Waals surface area (Å²) in [4.78, 5) is 24.0. The molecule has 0 aromatic heterocycles. The van der Waals surface area contributed by atoms with Crippen LogP contribution in [-0.2, 0) is 4.79 Å². The normalized spacial score (nSPS) is 17.4. The van der Waals surface area contributed by atoms with Crippen LogP contribution in [0.4, 0.5) is 10.5 Å². The molecule has 7 nitrogen and oxygen atoms in total. The van der Waals surface area contributed by atoms with Crippen LogP contribution in [-0.4, -0.2) is 23.4 Å². The minimum Gasteiger partial charge on any atom is -0.350 e. The number of hydrogen-bond acceptors (Lipinski definition) is 4. The van der Waals surface area contributed by atoms with Crippen molar-refractivity contribution in [3.8, 4) is 0 Å². The number of primary amides is 1. The molecule has 1 heterocycles. The largest absolute Gasteiger partial charge is 0.350 e. The summed E-state index contributed by atoms with van der Waals surface area (Å²) in [7, 11) is 0. The van der Waals surface area contributed by atoms with Gasteiger partial charge in [-0.3, -0.25) is 4.79 Å². The Bertz CT molecular complexity index is 846. The van der Waals surface area contributed by atoms with Gasteiger partial charge in [0.2, 0.25) is 0 Å². The molecule has 1 aliphatic rings. The first-order valence-corrected chi connectivity index (χ1v) is 7.70. The van der Waals surface area contributed by atoms with Crippen molar-refractivity contribution in [2.75, 3.05) is 5.01 Å².